The summed E-state index contributed by atoms with van der Waals surface area (Å²) in [6, 6.07) is 0. The van der Waals surface area contributed by atoms with E-state index in [0.29, 0.717) is 13.2 Å². The second-order valence-electron chi connectivity index (χ2n) is 4.19. The Morgan fingerprint density at radius 1 is 1.54 bits per heavy atom. The van der Waals surface area contributed by atoms with E-state index >= 15 is 0 Å². The molecule has 0 aromatic carbocycles. The van der Waals surface area contributed by atoms with Crippen LogP contribution in [0.4, 0.5) is 0 Å². The summed E-state index contributed by atoms with van der Waals surface area (Å²) >= 11 is 0. The molecule has 2 aliphatic rings. The lowest BCUT2D eigenvalue weighted by Gasteiger charge is -2.29. The van der Waals surface area contributed by atoms with Crippen LogP contribution in [0.3, 0.4) is 0 Å². The predicted octanol–water partition coefficient (Wildman–Crippen LogP) is -0.774. The van der Waals surface area contributed by atoms with E-state index in [2.05, 4.69) is 10.3 Å². The van der Waals surface area contributed by atoms with Gasteiger partial charge in [-0.25, -0.2) is 4.99 Å². The van der Waals surface area contributed by atoms with Gasteiger partial charge in [-0.05, 0) is 0 Å². The van der Waals surface area contributed by atoms with Gasteiger partial charge in [0.15, 0.2) is 11.5 Å². The first kappa shape index (κ1) is 8.50. The minimum absolute atomic E-state index is 0.146. The molecule has 2 rings (SSSR count). The maximum Gasteiger partial charge on any atom is 0.257 e. The Balaban J connectivity index is 2.45. The number of amides is 1. The molecule has 13 heavy (non-hydrogen) atoms. The zero-order chi connectivity index (χ0) is 9.69. The van der Waals surface area contributed by atoms with Crippen molar-refractivity contribution in [2.75, 3.05) is 13.2 Å². The number of hydrogen-bond acceptors (Lipinski definition) is 4. The number of nitrogens with two attached hydrogens (primary N) is 1. The van der Waals surface area contributed by atoms with Crippen molar-refractivity contribution in [2.45, 2.75) is 19.4 Å². The number of hydrogen-bond donors (Lipinski definition) is 2. The molecule has 0 saturated carbocycles. The van der Waals surface area contributed by atoms with Crippen LogP contribution in [0.15, 0.2) is 4.99 Å². The molecule has 1 saturated heterocycles. The molecule has 0 radical (unpaired) electrons. The van der Waals surface area contributed by atoms with Gasteiger partial charge < -0.3 is 10.5 Å². The molecule has 0 bridgehead atoms. The van der Waals surface area contributed by atoms with Crippen molar-refractivity contribution in [1.29, 1.82) is 0 Å². The van der Waals surface area contributed by atoms with E-state index in [4.69, 9.17) is 10.5 Å². The van der Waals surface area contributed by atoms with Crippen molar-refractivity contribution >= 4 is 11.9 Å². The zero-order valence-electron chi connectivity index (χ0n) is 7.76. The average molecular weight is 183 g/mol. The first-order valence-electron chi connectivity index (χ1n) is 4.22. The van der Waals surface area contributed by atoms with E-state index < -0.39 is 5.54 Å². The van der Waals surface area contributed by atoms with E-state index in [9.17, 15) is 4.79 Å². The molecule has 2 aliphatic heterocycles. The van der Waals surface area contributed by atoms with Gasteiger partial charge in [0, 0.05) is 5.41 Å². The zero-order valence-corrected chi connectivity index (χ0v) is 7.76. The largest absolute Gasteiger partial charge is 0.378 e. The number of aliphatic imine (C=N–C) groups is 1. The molecule has 0 aromatic rings. The lowest BCUT2D eigenvalue weighted by Crippen LogP contribution is -2.50. The number of rotatable bonds is 0. The predicted molar refractivity (Wildman–Crippen MR) is 47.1 cm³/mol. The number of guanidine groups is 1. The Bertz CT molecular complexity index is 298. The SMILES string of the molecule is CC1(C)COCC12N=C(N)NC2=O. The number of carbonyl (C=O) groups is 1. The van der Waals surface area contributed by atoms with Gasteiger partial charge in [0.1, 0.15) is 0 Å². The van der Waals surface area contributed by atoms with Gasteiger partial charge in [-0.3, -0.25) is 10.1 Å². The van der Waals surface area contributed by atoms with E-state index in [1.54, 1.807) is 0 Å². The minimum atomic E-state index is -0.795. The van der Waals surface area contributed by atoms with Crippen LogP contribution in [-0.2, 0) is 9.53 Å². The van der Waals surface area contributed by atoms with Crippen LogP contribution in [0.5, 0.6) is 0 Å². The number of nitrogens with one attached hydrogen (secondary N) is 1. The van der Waals surface area contributed by atoms with Crippen LogP contribution in [0.1, 0.15) is 13.8 Å². The first-order valence-corrected chi connectivity index (χ1v) is 4.22. The maximum atomic E-state index is 11.6. The monoisotopic (exact) mass is 183 g/mol. The Kier molecular flexibility index (Phi) is 1.46. The number of carbonyl (C=O) groups excluding carboxylic acids is 1. The van der Waals surface area contributed by atoms with Crippen molar-refractivity contribution in [1.82, 2.24) is 5.32 Å². The first-order chi connectivity index (χ1) is 5.98. The third-order valence-corrected chi connectivity index (χ3v) is 2.82. The average Bonchev–Trinajstić information content (AvgIpc) is 2.40. The Morgan fingerprint density at radius 3 is 2.62 bits per heavy atom. The molecule has 0 aromatic heterocycles. The Hall–Kier alpha value is -1.10. The molecule has 72 valence electrons. The third-order valence-electron chi connectivity index (χ3n) is 2.82. The molecule has 1 amide bonds. The fourth-order valence-electron chi connectivity index (χ4n) is 1.83. The second-order valence-corrected chi connectivity index (χ2v) is 4.19. The van der Waals surface area contributed by atoms with Crippen LogP contribution >= 0.6 is 0 Å². The highest BCUT2D eigenvalue weighted by molar-refractivity contribution is 6.07. The number of ether oxygens (including phenoxy) is 1. The summed E-state index contributed by atoms with van der Waals surface area (Å²) < 4.78 is 5.29. The lowest BCUT2D eigenvalue weighted by molar-refractivity contribution is -0.126. The maximum absolute atomic E-state index is 11.6. The summed E-state index contributed by atoms with van der Waals surface area (Å²) in [4.78, 5) is 15.8. The fourth-order valence-corrected chi connectivity index (χ4v) is 1.83. The summed E-state index contributed by atoms with van der Waals surface area (Å²) in [7, 11) is 0. The standard InChI is InChI=1S/C8H13N3O2/c1-7(2)3-13-4-8(7)5(12)10-6(9)11-8/h3-4H2,1-2H3,(H3,9,10,11,12). The van der Waals surface area contributed by atoms with Crippen molar-refractivity contribution < 1.29 is 9.53 Å². The van der Waals surface area contributed by atoms with Crippen LogP contribution in [-0.4, -0.2) is 30.6 Å². The molecule has 0 aliphatic carbocycles. The van der Waals surface area contributed by atoms with Gasteiger partial charge in [-0.2, -0.15) is 0 Å². The van der Waals surface area contributed by atoms with Crippen molar-refractivity contribution in [3.63, 3.8) is 0 Å². The van der Waals surface area contributed by atoms with Crippen molar-refractivity contribution in [3.05, 3.63) is 0 Å². The molecule has 1 spiro atoms. The van der Waals surface area contributed by atoms with Gasteiger partial charge in [0.2, 0.25) is 0 Å². The molecule has 2 heterocycles. The Labute approximate surface area is 76.3 Å². The molecule has 3 N–H and O–H groups in total. The minimum Gasteiger partial charge on any atom is -0.378 e. The van der Waals surface area contributed by atoms with Gasteiger partial charge in [-0.1, -0.05) is 13.8 Å². The second kappa shape index (κ2) is 2.23. The highest BCUT2D eigenvalue weighted by Crippen LogP contribution is 2.41. The summed E-state index contributed by atoms with van der Waals surface area (Å²) in [6.07, 6.45) is 0. The summed E-state index contributed by atoms with van der Waals surface area (Å²) in [5, 5.41) is 2.51. The lowest BCUT2D eigenvalue weighted by atomic mass is 9.75. The van der Waals surface area contributed by atoms with Gasteiger partial charge in [0.25, 0.3) is 5.91 Å². The van der Waals surface area contributed by atoms with Crippen LogP contribution in [0.2, 0.25) is 0 Å². The van der Waals surface area contributed by atoms with Gasteiger partial charge in [-0.15, -0.1) is 0 Å². The normalized spacial score (nSPS) is 36.5. The molecule has 5 heteroatoms. The van der Waals surface area contributed by atoms with E-state index in [1.807, 2.05) is 13.8 Å². The molecule has 1 atom stereocenters. The molecule has 1 fully saturated rings. The summed E-state index contributed by atoms with van der Waals surface area (Å²) in [5.41, 5.74) is 4.39. The van der Waals surface area contributed by atoms with Crippen LogP contribution < -0.4 is 11.1 Å². The molecular formula is C8H13N3O2. The third kappa shape index (κ3) is 0.904. The highest BCUT2D eigenvalue weighted by atomic mass is 16.5. The Morgan fingerprint density at radius 2 is 2.23 bits per heavy atom. The molecule has 5 nitrogen and oxygen atoms in total. The molecular weight excluding hydrogens is 170 g/mol. The highest BCUT2D eigenvalue weighted by Gasteiger charge is 2.58. The topological polar surface area (TPSA) is 76.7 Å². The fraction of sp³-hybridized carbons (Fsp3) is 0.750. The van der Waals surface area contributed by atoms with Gasteiger partial charge >= 0.3 is 0 Å². The molecule has 1 unspecified atom stereocenters. The van der Waals surface area contributed by atoms with E-state index in [0.717, 1.165) is 0 Å². The quantitative estimate of drug-likeness (QED) is 0.517. The van der Waals surface area contributed by atoms with E-state index in [1.165, 1.54) is 0 Å². The number of nitrogens with zero attached hydrogens (tertiary/aromatic N) is 1. The van der Waals surface area contributed by atoms with Crippen LogP contribution in [0.25, 0.3) is 0 Å². The van der Waals surface area contributed by atoms with E-state index in [-0.39, 0.29) is 17.3 Å². The van der Waals surface area contributed by atoms with Crippen LogP contribution in [0, 0.1) is 5.41 Å². The van der Waals surface area contributed by atoms with Gasteiger partial charge in [0.05, 0.1) is 13.2 Å². The van der Waals surface area contributed by atoms with Crippen molar-refractivity contribution in [2.24, 2.45) is 16.1 Å². The smallest absolute Gasteiger partial charge is 0.257 e. The summed E-state index contributed by atoms with van der Waals surface area (Å²) in [5.74, 6) is 0.0519. The summed E-state index contributed by atoms with van der Waals surface area (Å²) in [6.45, 7) is 4.78. The van der Waals surface area contributed by atoms with Crippen molar-refractivity contribution in [3.8, 4) is 0 Å².